The maximum atomic E-state index is 13.7. The van der Waals surface area contributed by atoms with Crippen LogP contribution in [-0.4, -0.2) is 10.9 Å². The summed E-state index contributed by atoms with van der Waals surface area (Å²) in [5, 5.41) is 2.31. The van der Waals surface area contributed by atoms with Gasteiger partial charge in [-0.05, 0) is 40.5 Å². The highest BCUT2D eigenvalue weighted by molar-refractivity contribution is 9.10. The molecule has 0 saturated heterocycles. The standard InChI is InChI=1S/C14H12BrF2N3O/c1-2-8-3-7(4-13(18)19-8)14(21)20-12-6-10(16)9(15)5-11(12)17/h3-6H,2H2,1H3,(H2,18,19)(H,20,21). The second-order valence-electron chi connectivity index (χ2n) is 4.33. The SMILES string of the molecule is CCc1cc(C(=O)Nc2cc(F)c(Br)cc2F)cc(N)n1. The first-order chi connectivity index (χ1) is 9.90. The molecule has 2 aromatic rings. The van der Waals surface area contributed by atoms with Crippen LogP contribution in [-0.2, 0) is 6.42 Å². The molecule has 1 amide bonds. The van der Waals surface area contributed by atoms with Crippen molar-refractivity contribution in [3.8, 4) is 0 Å². The summed E-state index contributed by atoms with van der Waals surface area (Å²) in [6.07, 6.45) is 0.604. The van der Waals surface area contributed by atoms with Gasteiger partial charge in [-0.15, -0.1) is 0 Å². The minimum atomic E-state index is -0.741. The maximum absolute atomic E-state index is 13.7. The summed E-state index contributed by atoms with van der Waals surface area (Å²) in [6.45, 7) is 1.87. The number of hydrogen-bond acceptors (Lipinski definition) is 3. The van der Waals surface area contributed by atoms with Crippen molar-refractivity contribution in [2.45, 2.75) is 13.3 Å². The summed E-state index contributed by atoms with van der Waals surface area (Å²) in [6, 6.07) is 4.78. The Morgan fingerprint density at radius 1 is 1.29 bits per heavy atom. The van der Waals surface area contributed by atoms with Gasteiger partial charge in [-0.3, -0.25) is 4.79 Å². The molecule has 1 aromatic heterocycles. The molecule has 0 atom stereocenters. The van der Waals surface area contributed by atoms with Crippen molar-refractivity contribution < 1.29 is 13.6 Å². The van der Waals surface area contributed by atoms with Crippen LogP contribution in [0.15, 0.2) is 28.7 Å². The molecule has 0 spiro atoms. The first-order valence-electron chi connectivity index (χ1n) is 6.13. The zero-order valence-corrected chi connectivity index (χ0v) is 12.7. The highest BCUT2D eigenvalue weighted by Crippen LogP contribution is 2.24. The van der Waals surface area contributed by atoms with Gasteiger partial charge in [-0.2, -0.15) is 0 Å². The molecule has 0 aliphatic heterocycles. The van der Waals surface area contributed by atoms with E-state index in [2.05, 4.69) is 26.2 Å². The smallest absolute Gasteiger partial charge is 0.255 e. The van der Waals surface area contributed by atoms with Gasteiger partial charge in [0.1, 0.15) is 17.5 Å². The molecule has 2 rings (SSSR count). The quantitative estimate of drug-likeness (QED) is 0.827. The van der Waals surface area contributed by atoms with E-state index in [1.165, 1.54) is 6.07 Å². The van der Waals surface area contributed by atoms with Crippen molar-refractivity contribution in [2.24, 2.45) is 0 Å². The topological polar surface area (TPSA) is 68.0 Å². The number of benzene rings is 1. The summed E-state index contributed by atoms with van der Waals surface area (Å²) >= 11 is 2.87. The van der Waals surface area contributed by atoms with Crippen LogP contribution in [0.5, 0.6) is 0 Å². The van der Waals surface area contributed by atoms with E-state index in [0.717, 1.165) is 12.1 Å². The lowest BCUT2D eigenvalue weighted by atomic mass is 10.1. The maximum Gasteiger partial charge on any atom is 0.255 e. The monoisotopic (exact) mass is 355 g/mol. The van der Waals surface area contributed by atoms with Gasteiger partial charge < -0.3 is 11.1 Å². The van der Waals surface area contributed by atoms with Crippen LogP contribution in [0.25, 0.3) is 0 Å². The van der Waals surface area contributed by atoms with Crippen LogP contribution in [0, 0.1) is 11.6 Å². The predicted octanol–water partition coefficient (Wildman–Crippen LogP) is 3.52. The fourth-order valence-electron chi connectivity index (χ4n) is 1.74. The predicted molar refractivity (Wildman–Crippen MR) is 80.0 cm³/mol. The average molecular weight is 356 g/mol. The molecule has 0 unspecified atom stereocenters. The summed E-state index contributed by atoms with van der Waals surface area (Å²) in [5.74, 6) is -1.80. The van der Waals surface area contributed by atoms with Gasteiger partial charge in [0, 0.05) is 17.3 Å². The number of nitrogens with one attached hydrogen (secondary N) is 1. The number of nitrogens with zero attached hydrogens (tertiary/aromatic N) is 1. The molecule has 0 saturated carbocycles. The van der Waals surface area contributed by atoms with Crippen LogP contribution in [0.4, 0.5) is 20.3 Å². The van der Waals surface area contributed by atoms with Crippen LogP contribution in [0.3, 0.4) is 0 Å². The third-order valence-electron chi connectivity index (χ3n) is 2.78. The number of amides is 1. The summed E-state index contributed by atoms with van der Waals surface area (Å²) < 4.78 is 27.1. The second kappa shape index (κ2) is 6.17. The van der Waals surface area contributed by atoms with Gasteiger partial charge >= 0.3 is 0 Å². The summed E-state index contributed by atoms with van der Waals surface area (Å²) in [4.78, 5) is 16.1. The molecular formula is C14H12BrF2N3O. The van der Waals surface area contributed by atoms with E-state index in [4.69, 9.17) is 5.73 Å². The molecule has 21 heavy (non-hydrogen) atoms. The molecule has 1 heterocycles. The zero-order chi connectivity index (χ0) is 15.6. The summed E-state index contributed by atoms with van der Waals surface area (Å²) in [7, 11) is 0. The first kappa shape index (κ1) is 15.4. The molecule has 4 nitrogen and oxygen atoms in total. The van der Waals surface area contributed by atoms with E-state index in [1.54, 1.807) is 6.07 Å². The molecule has 1 aromatic carbocycles. The van der Waals surface area contributed by atoms with Crippen molar-refractivity contribution in [3.05, 3.63) is 51.6 Å². The highest BCUT2D eigenvalue weighted by Gasteiger charge is 2.13. The van der Waals surface area contributed by atoms with E-state index >= 15 is 0 Å². The van der Waals surface area contributed by atoms with Gasteiger partial charge in [0.25, 0.3) is 5.91 Å². The van der Waals surface area contributed by atoms with Crippen LogP contribution >= 0.6 is 15.9 Å². The lowest BCUT2D eigenvalue weighted by molar-refractivity contribution is 0.102. The Balaban J connectivity index is 2.30. The van der Waals surface area contributed by atoms with Crippen molar-refractivity contribution in [1.82, 2.24) is 4.98 Å². The van der Waals surface area contributed by atoms with E-state index in [-0.39, 0.29) is 21.5 Å². The number of pyridine rings is 1. The van der Waals surface area contributed by atoms with E-state index < -0.39 is 17.5 Å². The van der Waals surface area contributed by atoms with E-state index in [0.29, 0.717) is 12.1 Å². The van der Waals surface area contributed by atoms with Crippen molar-refractivity contribution in [3.63, 3.8) is 0 Å². The molecule has 3 N–H and O–H groups in total. The van der Waals surface area contributed by atoms with Gasteiger partial charge in [0.2, 0.25) is 0 Å². The zero-order valence-electron chi connectivity index (χ0n) is 11.1. The minimum Gasteiger partial charge on any atom is -0.384 e. The number of aryl methyl sites for hydroxylation is 1. The van der Waals surface area contributed by atoms with Crippen LogP contribution in [0.2, 0.25) is 0 Å². The Bertz CT molecular complexity index is 707. The third-order valence-corrected chi connectivity index (χ3v) is 3.39. The number of nitrogens with two attached hydrogens (primary N) is 1. The lowest BCUT2D eigenvalue weighted by Crippen LogP contribution is -2.14. The molecular weight excluding hydrogens is 344 g/mol. The van der Waals surface area contributed by atoms with Crippen LogP contribution in [0.1, 0.15) is 23.0 Å². The van der Waals surface area contributed by atoms with Crippen molar-refractivity contribution in [1.29, 1.82) is 0 Å². The number of carbonyl (C=O) groups is 1. The minimum absolute atomic E-state index is 0.0144. The van der Waals surface area contributed by atoms with Gasteiger partial charge in [-0.1, -0.05) is 6.92 Å². The second-order valence-corrected chi connectivity index (χ2v) is 5.18. The molecule has 110 valence electrons. The lowest BCUT2D eigenvalue weighted by Gasteiger charge is -2.09. The van der Waals surface area contributed by atoms with Crippen molar-refractivity contribution >= 4 is 33.3 Å². The Hall–Kier alpha value is -2.02. The average Bonchev–Trinajstić information content (AvgIpc) is 2.43. The number of rotatable bonds is 3. The van der Waals surface area contributed by atoms with Crippen LogP contribution < -0.4 is 11.1 Å². The Morgan fingerprint density at radius 2 is 2.00 bits per heavy atom. The number of hydrogen-bond donors (Lipinski definition) is 2. The van der Waals surface area contributed by atoms with Crippen molar-refractivity contribution in [2.75, 3.05) is 11.1 Å². The fourth-order valence-corrected chi connectivity index (χ4v) is 2.05. The highest BCUT2D eigenvalue weighted by atomic mass is 79.9. The Kier molecular flexibility index (Phi) is 4.52. The largest absolute Gasteiger partial charge is 0.384 e. The van der Waals surface area contributed by atoms with E-state index in [1.807, 2.05) is 6.92 Å². The number of halogens is 3. The number of carbonyl (C=O) groups excluding carboxylic acids is 1. The number of nitrogen functional groups attached to an aromatic ring is 1. The fraction of sp³-hybridized carbons (Fsp3) is 0.143. The van der Waals surface area contributed by atoms with Gasteiger partial charge in [0.15, 0.2) is 0 Å². The Labute approximate surface area is 128 Å². The van der Waals surface area contributed by atoms with E-state index in [9.17, 15) is 13.6 Å². The van der Waals surface area contributed by atoms with Gasteiger partial charge in [-0.25, -0.2) is 13.8 Å². The molecule has 0 aliphatic rings. The molecule has 7 heteroatoms. The molecule has 0 radical (unpaired) electrons. The summed E-state index contributed by atoms with van der Waals surface area (Å²) in [5.41, 5.74) is 6.25. The molecule has 0 aliphatic carbocycles. The normalized spacial score (nSPS) is 10.5. The van der Waals surface area contributed by atoms with Gasteiger partial charge in [0.05, 0.1) is 10.2 Å². The third kappa shape index (κ3) is 3.55. The first-order valence-corrected chi connectivity index (χ1v) is 6.92. The molecule has 0 bridgehead atoms. The molecule has 0 fully saturated rings. The Morgan fingerprint density at radius 3 is 2.67 bits per heavy atom. The number of aromatic nitrogens is 1. The number of anilines is 2.